The van der Waals surface area contributed by atoms with Crippen molar-refractivity contribution in [3.05, 3.63) is 16.1 Å². The van der Waals surface area contributed by atoms with E-state index in [1.54, 1.807) is 11.3 Å². The van der Waals surface area contributed by atoms with Crippen molar-refractivity contribution in [2.24, 2.45) is 0 Å². The van der Waals surface area contributed by atoms with Crippen LogP contribution in [0, 0.1) is 0 Å². The van der Waals surface area contributed by atoms with Crippen LogP contribution in [0.5, 0.6) is 0 Å². The van der Waals surface area contributed by atoms with Crippen molar-refractivity contribution in [2.75, 3.05) is 32.8 Å². The van der Waals surface area contributed by atoms with Crippen LogP contribution in [0.15, 0.2) is 5.38 Å². The van der Waals surface area contributed by atoms with Gasteiger partial charge in [-0.3, -0.25) is 4.79 Å². The molecule has 21 heavy (non-hydrogen) atoms. The summed E-state index contributed by atoms with van der Waals surface area (Å²) >= 11 is 1.59. The number of thiazole rings is 1. The van der Waals surface area contributed by atoms with Gasteiger partial charge in [-0.05, 0) is 38.8 Å². The average Bonchev–Trinajstić information content (AvgIpc) is 2.96. The number of hydrogen-bond acceptors (Lipinski definition) is 5. The SMILES string of the molecule is CCCc1nc(C(=O)N2CCOC3(CCNCC3)C2)cs1. The molecule has 3 rings (SSSR count). The van der Waals surface area contributed by atoms with Crippen LogP contribution >= 0.6 is 11.3 Å². The van der Waals surface area contributed by atoms with E-state index in [9.17, 15) is 4.79 Å². The number of piperidine rings is 1. The van der Waals surface area contributed by atoms with Gasteiger partial charge in [-0.2, -0.15) is 0 Å². The Hall–Kier alpha value is -0.980. The first-order valence-corrected chi connectivity index (χ1v) is 8.69. The van der Waals surface area contributed by atoms with Crippen molar-refractivity contribution in [2.45, 2.75) is 38.2 Å². The summed E-state index contributed by atoms with van der Waals surface area (Å²) in [7, 11) is 0. The van der Waals surface area contributed by atoms with Crippen LogP contribution in [0.3, 0.4) is 0 Å². The van der Waals surface area contributed by atoms with E-state index in [2.05, 4.69) is 17.2 Å². The minimum atomic E-state index is -0.137. The Morgan fingerprint density at radius 2 is 2.33 bits per heavy atom. The van der Waals surface area contributed by atoms with E-state index in [0.717, 1.165) is 43.8 Å². The van der Waals surface area contributed by atoms with Crippen molar-refractivity contribution in [1.82, 2.24) is 15.2 Å². The van der Waals surface area contributed by atoms with E-state index in [1.807, 2.05) is 10.3 Å². The molecule has 3 heterocycles. The third-order valence-corrected chi connectivity index (χ3v) is 5.19. The van der Waals surface area contributed by atoms with Gasteiger partial charge in [0.1, 0.15) is 5.69 Å². The summed E-state index contributed by atoms with van der Waals surface area (Å²) < 4.78 is 6.01. The van der Waals surface area contributed by atoms with Gasteiger partial charge in [0.25, 0.3) is 5.91 Å². The maximum Gasteiger partial charge on any atom is 0.273 e. The van der Waals surface area contributed by atoms with Crippen molar-refractivity contribution in [1.29, 1.82) is 0 Å². The third-order valence-electron chi connectivity index (χ3n) is 4.29. The Balaban J connectivity index is 1.68. The Kier molecular flexibility index (Phi) is 4.57. The van der Waals surface area contributed by atoms with Gasteiger partial charge in [-0.1, -0.05) is 6.92 Å². The number of hydrogen-bond donors (Lipinski definition) is 1. The first-order chi connectivity index (χ1) is 10.2. The van der Waals surface area contributed by atoms with Gasteiger partial charge in [0, 0.05) is 11.9 Å². The monoisotopic (exact) mass is 309 g/mol. The molecule has 1 N–H and O–H groups in total. The maximum absolute atomic E-state index is 12.6. The highest BCUT2D eigenvalue weighted by Crippen LogP contribution is 2.28. The fourth-order valence-corrected chi connectivity index (χ4v) is 3.98. The number of morpholine rings is 1. The molecule has 6 heteroatoms. The summed E-state index contributed by atoms with van der Waals surface area (Å²) in [5, 5.41) is 6.32. The lowest BCUT2D eigenvalue weighted by atomic mass is 9.90. The number of nitrogens with zero attached hydrogens (tertiary/aromatic N) is 2. The quantitative estimate of drug-likeness (QED) is 0.923. The van der Waals surface area contributed by atoms with Crippen molar-refractivity contribution in [3.8, 4) is 0 Å². The summed E-state index contributed by atoms with van der Waals surface area (Å²) in [6.07, 6.45) is 3.98. The van der Waals surface area contributed by atoms with Crippen molar-refractivity contribution in [3.63, 3.8) is 0 Å². The number of rotatable bonds is 3. The molecule has 1 aromatic rings. The Bertz CT molecular complexity index is 491. The van der Waals surface area contributed by atoms with Gasteiger partial charge < -0.3 is 15.0 Å². The standard InChI is InChI=1S/C15H23N3O2S/c1-2-3-13-17-12(10-21-13)14(19)18-8-9-20-15(11-18)4-6-16-7-5-15/h10,16H,2-9,11H2,1H3. The summed E-state index contributed by atoms with van der Waals surface area (Å²) in [6, 6.07) is 0. The van der Waals surface area contributed by atoms with Gasteiger partial charge in [-0.15, -0.1) is 11.3 Å². The lowest BCUT2D eigenvalue weighted by Crippen LogP contribution is -2.57. The summed E-state index contributed by atoms with van der Waals surface area (Å²) in [4.78, 5) is 19.1. The van der Waals surface area contributed by atoms with E-state index >= 15 is 0 Å². The second kappa shape index (κ2) is 6.42. The number of nitrogens with one attached hydrogen (secondary N) is 1. The third kappa shape index (κ3) is 3.27. The first kappa shape index (κ1) is 14.9. The molecule has 0 unspecified atom stereocenters. The molecule has 2 fully saturated rings. The van der Waals surface area contributed by atoms with Gasteiger partial charge in [0.2, 0.25) is 0 Å². The molecule has 5 nitrogen and oxygen atoms in total. The summed E-state index contributed by atoms with van der Waals surface area (Å²) in [5.74, 6) is 0.0646. The fourth-order valence-electron chi connectivity index (χ4n) is 3.10. The Morgan fingerprint density at radius 1 is 1.52 bits per heavy atom. The van der Waals surface area contributed by atoms with Gasteiger partial charge in [-0.25, -0.2) is 4.98 Å². The minimum Gasteiger partial charge on any atom is -0.371 e. The van der Waals surface area contributed by atoms with Gasteiger partial charge >= 0.3 is 0 Å². The highest BCUT2D eigenvalue weighted by molar-refractivity contribution is 7.09. The van der Waals surface area contributed by atoms with E-state index in [4.69, 9.17) is 4.74 Å². The molecular weight excluding hydrogens is 286 g/mol. The van der Waals surface area contributed by atoms with Crippen LogP contribution in [0.2, 0.25) is 0 Å². The predicted octanol–water partition coefficient (Wildman–Crippen LogP) is 1.69. The largest absolute Gasteiger partial charge is 0.371 e. The normalized spacial score (nSPS) is 21.7. The number of amides is 1. The molecular formula is C15H23N3O2S. The predicted molar refractivity (Wildman–Crippen MR) is 82.8 cm³/mol. The molecule has 1 aromatic heterocycles. The first-order valence-electron chi connectivity index (χ1n) is 7.81. The molecule has 0 aromatic carbocycles. The number of aromatic nitrogens is 1. The molecule has 1 amide bonds. The maximum atomic E-state index is 12.6. The van der Waals surface area contributed by atoms with E-state index in [0.29, 0.717) is 25.4 Å². The molecule has 116 valence electrons. The van der Waals surface area contributed by atoms with Crippen LogP contribution in [0.1, 0.15) is 41.7 Å². The Morgan fingerprint density at radius 3 is 3.10 bits per heavy atom. The van der Waals surface area contributed by atoms with E-state index < -0.39 is 0 Å². The van der Waals surface area contributed by atoms with Crippen molar-refractivity contribution < 1.29 is 9.53 Å². The lowest BCUT2D eigenvalue weighted by Gasteiger charge is -2.44. The van der Waals surface area contributed by atoms with Crippen LogP contribution in [-0.2, 0) is 11.2 Å². The molecule has 0 bridgehead atoms. The molecule has 2 aliphatic heterocycles. The number of carbonyl (C=O) groups excluding carboxylic acids is 1. The molecule has 2 aliphatic rings. The molecule has 0 radical (unpaired) electrons. The average molecular weight is 309 g/mol. The Labute approximate surface area is 129 Å². The fraction of sp³-hybridized carbons (Fsp3) is 0.733. The highest BCUT2D eigenvalue weighted by atomic mass is 32.1. The zero-order valence-corrected chi connectivity index (χ0v) is 13.4. The number of ether oxygens (including phenoxy) is 1. The van der Waals surface area contributed by atoms with Crippen LogP contribution in [-0.4, -0.2) is 54.2 Å². The minimum absolute atomic E-state index is 0.0646. The zero-order chi connectivity index (χ0) is 14.7. The number of aryl methyl sites for hydroxylation is 1. The van der Waals surface area contributed by atoms with Crippen LogP contribution < -0.4 is 5.32 Å². The molecule has 1 spiro atoms. The van der Waals surface area contributed by atoms with E-state index in [-0.39, 0.29) is 11.5 Å². The summed E-state index contributed by atoms with van der Waals surface area (Å²) in [6.45, 7) is 6.09. The second-order valence-electron chi connectivity index (χ2n) is 5.88. The lowest BCUT2D eigenvalue weighted by molar-refractivity contribution is -0.114. The van der Waals surface area contributed by atoms with E-state index in [1.165, 1.54) is 0 Å². The number of carbonyl (C=O) groups is 1. The topological polar surface area (TPSA) is 54.5 Å². The molecule has 0 saturated carbocycles. The molecule has 2 saturated heterocycles. The molecule has 0 aliphatic carbocycles. The zero-order valence-electron chi connectivity index (χ0n) is 12.6. The summed E-state index contributed by atoms with van der Waals surface area (Å²) in [5.41, 5.74) is 0.468. The molecule has 0 atom stereocenters. The van der Waals surface area contributed by atoms with Crippen molar-refractivity contribution >= 4 is 17.2 Å². The van der Waals surface area contributed by atoms with Gasteiger partial charge in [0.15, 0.2) is 0 Å². The highest BCUT2D eigenvalue weighted by Gasteiger charge is 2.39. The smallest absolute Gasteiger partial charge is 0.273 e. The second-order valence-corrected chi connectivity index (χ2v) is 6.83. The van der Waals surface area contributed by atoms with Crippen LogP contribution in [0.25, 0.3) is 0 Å². The van der Waals surface area contributed by atoms with Crippen LogP contribution in [0.4, 0.5) is 0 Å². The van der Waals surface area contributed by atoms with Gasteiger partial charge in [0.05, 0.1) is 23.8 Å².